The van der Waals surface area contributed by atoms with Crippen molar-refractivity contribution in [3.05, 3.63) is 6.33 Å². The molecule has 1 aliphatic rings. The van der Waals surface area contributed by atoms with Crippen LogP contribution in [-0.2, 0) is 34.4 Å². The second-order valence-corrected chi connectivity index (χ2v) is 9.29. The summed E-state index contributed by atoms with van der Waals surface area (Å²) in [4.78, 5) is 23.8. The normalized spacial score (nSPS) is 23.0. The van der Waals surface area contributed by atoms with Crippen LogP contribution in [0.5, 0.6) is 0 Å². The Morgan fingerprint density at radius 3 is 2.79 bits per heavy atom. The molecular weight excluding hydrogens is 391 g/mol. The Hall–Kier alpha value is -2.27. The van der Waals surface area contributed by atoms with Gasteiger partial charge in [-0.1, -0.05) is 0 Å². The molecule has 2 aromatic rings. The zero-order valence-electron chi connectivity index (χ0n) is 15.8. The van der Waals surface area contributed by atoms with Crippen LogP contribution < -0.4 is 11.5 Å². The maximum atomic E-state index is 12.5. The summed E-state index contributed by atoms with van der Waals surface area (Å²) in [6.45, 7) is 4.98. The van der Waals surface area contributed by atoms with E-state index in [2.05, 4.69) is 15.0 Å². The number of hydrogen-bond donors (Lipinski definition) is 2. The first-order valence-electron chi connectivity index (χ1n) is 8.48. The second kappa shape index (κ2) is 7.63. The van der Waals surface area contributed by atoms with Crippen LogP contribution in [0, 0.1) is 5.41 Å². The molecular formula is C15H23N6O6P. The van der Waals surface area contributed by atoms with E-state index in [4.69, 9.17) is 30.0 Å². The first-order valence-corrected chi connectivity index (χ1v) is 10.2. The van der Waals surface area contributed by atoms with Crippen molar-refractivity contribution in [2.24, 2.45) is 5.41 Å². The molecule has 0 radical (unpaired) electrons. The highest BCUT2D eigenvalue weighted by molar-refractivity contribution is 7.53. The number of fused-ring (bicyclic) bond motifs is 1. The second-order valence-electron chi connectivity index (χ2n) is 7.29. The van der Waals surface area contributed by atoms with E-state index in [0.29, 0.717) is 17.7 Å². The van der Waals surface area contributed by atoms with E-state index < -0.39 is 31.9 Å². The molecule has 28 heavy (non-hydrogen) atoms. The molecule has 3 rings (SSSR count). The minimum Gasteiger partial charge on any atom is -0.438 e. The van der Waals surface area contributed by atoms with Gasteiger partial charge in [0.2, 0.25) is 12.7 Å². The number of carbonyl (C=O) groups excluding carboxylic acids is 1. The molecule has 1 fully saturated rings. The molecule has 0 unspecified atom stereocenters. The largest absolute Gasteiger partial charge is 0.438 e. The Morgan fingerprint density at radius 1 is 1.39 bits per heavy atom. The molecule has 0 bridgehead atoms. The minimum absolute atomic E-state index is 0.0141. The molecule has 0 saturated carbocycles. The molecule has 2 atom stereocenters. The van der Waals surface area contributed by atoms with Crippen LogP contribution in [-0.4, -0.2) is 51.3 Å². The van der Waals surface area contributed by atoms with Crippen molar-refractivity contribution < 1.29 is 27.9 Å². The molecule has 4 N–H and O–H groups in total. The summed E-state index contributed by atoms with van der Waals surface area (Å²) < 4.78 is 35.2. The summed E-state index contributed by atoms with van der Waals surface area (Å²) >= 11 is 0. The number of rotatable bonds is 5. The summed E-state index contributed by atoms with van der Waals surface area (Å²) in [6.07, 6.45) is 0.851. The SMILES string of the molecule is CC(C)(C)C(=O)OCO[P@@]1(=O)CO[C@@H](Cn2cnc3c(N)nc(N)nc32)CO1. The highest BCUT2D eigenvalue weighted by Crippen LogP contribution is 2.51. The van der Waals surface area contributed by atoms with Gasteiger partial charge in [-0.05, 0) is 20.8 Å². The zero-order valence-corrected chi connectivity index (χ0v) is 16.7. The maximum Gasteiger partial charge on any atom is 0.359 e. The Balaban J connectivity index is 1.54. The molecule has 13 heteroatoms. The van der Waals surface area contributed by atoms with E-state index in [1.165, 1.54) is 6.33 Å². The number of carbonyl (C=O) groups is 1. The number of esters is 1. The van der Waals surface area contributed by atoms with Gasteiger partial charge in [-0.2, -0.15) is 9.97 Å². The van der Waals surface area contributed by atoms with Crippen LogP contribution in [0.4, 0.5) is 11.8 Å². The van der Waals surface area contributed by atoms with E-state index in [9.17, 15) is 9.36 Å². The van der Waals surface area contributed by atoms with Crippen LogP contribution in [0.2, 0.25) is 0 Å². The van der Waals surface area contributed by atoms with Crippen molar-refractivity contribution in [1.82, 2.24) is 19.5 Å². The molecule has 2 aromatic heterocycles. The van der Waals surface area contributed by atoms with Gasteiger partial charge >= 0.3 is 13.6 Å². The fraction of sp³-hybridized carbons (Fsp3) is 0.600. The number of nitrogens with zero attached hydrogens (tertiary/aromatic N) is 4. The van der Waals surface area contributed by atoms with Crippen LogP contribution in [0.25, 0.3) is 11.2 Å². The first-order chi connectivity index (χ1) is 13.1. The highest BCUT2D eigenvalue weighted by atomic mass is 31.2. The van der Waals surface area contributed by atoms with Crippen molar-refractivity contribution in [3.8, 4) is 0 Å². The van der Waals surface area contributed by atoms with E-state index in [1.54, 1.807) is 25.3 Å². The van der Waals surface area contributed by atoms with Gasteiger partial charge in [0.1, 0.15) is 18.0 Å². The van der Waals surface area contributed by atoms with Crippen LogP contribution >= 0.6 is 7.60 Å². The number of ether oxygens (including phenoxy) is 2. The van der Waals surface area contributed by atoms with Gasteiger partial charge in [0.25, 0.3) is 0 Å². The van der Waals surface area contributed by atoms with Crippen molar-refractivity contribution in [2.45, 2.75) is 33.4 Å². The lowest BCUT2D eigenvalue weighted by molar-refractivity contribution is -0.160. The Kier molecular flexibility index (Phi) is 5.57. The standard InChI is InChI=1S/C15H23N6O6P/c1-15(2,3)13(22)24-7-27-28(23)8-25-9(5-26-28)4-21-6-18-10-11(16)19-14(17)20-12(10)21/h6,9H,4-5,7-8H2,1-3H3,(H4,16,17,19,20)/t9-,28+/m0/s1. The van der Waals surface area contributed by atoms with Gasteiger partial charge in [0.05, 0.1) is 24.9 Å². The van der Waals surface area contributed by atoms with Crippen LogP contribution in [0.1, 0.15) is 20.8 Å². The molecule has 1 saturated heterocycles. The summed E-state index contributed by atoms with van der Waals surface area (Å²) in [5, 5.41) is 0. The molecule has 154 valence electrons. The highest BCUT2D eigenvalue weighted by Gasteiger charge is 2.34. The topological polar surface area (TPSA) is 167 Å². The Bertz CT molecular complexity index is 914. The van der Waals surface area contributed by atoms with Gasteiger partial charge < -0.3 is 30.0 Å². The smallest absolute Gasteiger partial charge is 0.359 e. The van der Waals surface area contributed by atoms with Crippen molar-refractivity contribution in [2.75, 3.05) is 31.2 Å². The number of nitrogen functional groups attached to an aromatic ring is 2. The average Bonchev–Trinajstić information content (AvgIpc) is 2.99. The molecule has 0 aliphatic carbocycles. The molecule has 3 heterocycles. The number of anilines is 2. The third kappa shape index (κ3) is 4.58. The lowest BCUT2D eigenvalue weighted by atomic mass is 9.98. The van der Waals surface area contributed by atoms with Crippen LogP contribution in [0.15, 0.2) is 6.33 Å². The van der Waals surface area contributed by atoms with Gasteiger partial charge in [-0.25, -0.2) is 4.98 Å². The minimum atomic E-state index is -3.50. The number of aromatic nitrogens is 4. The number of nitrogens with two attached hydrogens (primary N) is 2. The lowest BCUT2D eigenvalue weighted by Gasteiger charge is -2.29. The third-order valence-electron chi connectivity index (χ3n) is 3.89. The fourth-order valence-corrected chi connectivity index (χ4v) is 3.60. The number of imidazole rings is 1. The zero-order chi connectivity index (χ0) is 20.5. The average molecular weight is 414 g/mol. The maximum absolute atomic E-state index is 12.5. The summed E-state index contributed by atoms with van der Waals surface area (Å²) in [7, 11) is -3.50. The van der Waals surface area contributed by atoms with E-state index in [0.717, 1.165) is 0 Å². The van der Waals surface area contributed by atoms with Crippen molar-refractivity contribution in [1.29, 1.82) is 0 Å². The van der Waals surface area contributed by atoms with E-state index in [1.807, 2.05) is 0 Å². The van der Waals surface area contributed by atoms with Crippen molar-refractivity contribution in [3.63, 3.8) is 0 Å². The Labute approximate surface area is 161 Å². The van der Waals surface area contributed by atoms with Gasteiger partial charge in [-0.3, -0.25) is 13.9 Å². The lowest BCUT2D eigenvalue weighted by Crippen LogP contribution is -2.31. The predicted molar refractivity (Wildman–Crippen MR) is 98.9 cm³/mol. The molecule has 0 aromatic carbocycles. The van der Waals surface area contributed by atoms with Crippen LogP contribution in [0.3, 0.4) is 0 Å². The predicted octanol–water partition coefficient (Wildman–Crippen LogP) is 1.12. The molecule has 0 amide bonds. The molecule has 0 spiro atoms. The quantitative estimate of drug-likeness (QED) is 0.409. The summed E-state index contributed by atoms with van der Waals surface area (Å²) in [6, 6.07) is 0. The van der Waals surface area contributed by atoms with E-state index in [-0.39, 0.29) is 24.7 Å². The van der Waals surface area contributed by atoms with Gasteiger partial charge in [-0.15, -0.1) is 0 Å². The fourth-order valence-electron chi connectivity index (χ4n) is 2.37. The summed E-state index contributed by atoms with van der Waals surface area (Å²) in [5.74, 6) is -0.248. The summed E-state index contributed by atoms with van der Waals surface area (Å²) in [5.41, 5.74) is 11.6. The van der Waals surface area contributed by atoms with E-state index >= 15 is 0 Å². The number of hydrogen-bond acceptors (Lipinski definition) is 11. The molecule has 12 nitrogen and oxygen atoms in total. The molecule has 1 aliphatic heterocycles. The third-order valence-corrected chi connectivity index (χ3v) is 5.39. The van der Waals surface area contributed by atoms with Gasteiger partial charge in [0, 0.05) is 0 Å². The van der Waals surface area contributed by atoms with Crippen molar-refractivity contribution >= 4 is 36.5 Å². The Morgan fingerprint density at radius 2 is 2.14 bits per heavy atom. The first kappa shape index (κ1) is 20.5. The van der Waals surface area contributed by atoms with Gasteiger partial charge in [0.15, 0.2) is 11.5 Å². The monoisotopic (exact) mass is 414 g/mol.